The van der Waals surface area contributed by atoms with Gasteiger partial charge in [0.25, 0.3) is 10.1 Å². The first-order valence-electron chi connectivity index (χ1n) is 13.2. The zero-order valence-corrected chi connectivity index (χ0v) is 25.4. The van der Waals surface area contributed by atoms with Crippen molar-refractivity contribution in [3.05, 3.63) is 117 Å². The molecule has 0 fully saturated rings. The SMILES string of the molecule is Cc1ccc(S(=O)(=O)O)cc1.O=C(OCc1ccccc1)N(CC1NCCc2cc(O)c(O)cc21)c1ccc(Cl)c(Cl)c1. The lowest BCUT2D eigenvalue weighted by Gasteiger charge is -2.32. The average molecular weight is 646 g/mol. The minimum atomic E-state index is -4.02. The van der Waals surface area contributed by atoms with E-state index in [1.807, 2.05) is 37.3 Å². The van der Waals surface area contributed by atoms with E-state index in [1.165, 1.54) is 23.1 Å². The lowest BCUT2D eigenvalue weighted by atomic mass is 9.93. The highest BCUT2D eigenvalue weighted by molar-refractivity contribution is 7.85. The topological polar surface area (TPSA) is 136 Å². The number of aryl methyl sites for hydroxylation is 1. The molecule has 9 nitrogen and oxygen atoms in total. The van der Waals surface area contributed by atoms with Gasteiger partial charge in [0.2, 0.25) is 0 Å². The number of amides is 1. The number of halogens is 2. The van der Waals surface area contributed by atoms with E-state index < -0.39 is 16.2 Å². The molecule has 1 heterocycles. The van der Waals surface area contributed by atoms with Crippen molar-refractivity contribution < 1.29 is 32.7 Å². The van der Waals surface area contributed by atoms with E-state index >= 15 is 0 Å². The molecule has 0 saturated heterocycles. The fourth-order valence-electron chi connectivity index (χ4n) is 4.46. The van der Waals surface area contributed by atoms with Crippen LogP contribution >= 0.6 is 23.2 Å². The normalized spacial score (nSPS) is 14.2. The molecule has 1 amide bonds. The smallest absolute Gasteiger partial charge is 0.414 e. The van der Waals surface area contributed by atoms with Gasteiger partial charge < -0.3 is 20.3 Å². The highest BCUT2D eigenvalue weighted by atomic mass is 35.5. The summed E-state index contributed by atoms with van der Waals surface area (Å²) in [4.78, 5) is 14.6. The maximum absolute atomic E-state index is 13.1. The van der Waals surface area contributed by atoms with Crippen LogP contribution in [0.4, 0.5) is 10.5 Å². The molecule has 0 spiro atoms. The molecule has 4 aromatic rings. The summed E-state index contributed by atoms with van der Waals surface area (Å²) in [6.07, 6.45) is 0.161. The van der Waals surface area contributed by atoms with E-state index in [2.05, 4.69) is 5.32 Å². The third-order valence-corrected chi connectivity index (χ3v) is 8.33. The minimum Gasteiger partial charge on any atom is -0.504 e. The number of aromatic hydroxyl groups is 2. The van der Waals surface area contributed by atoms with Gasteiger partial charge in [-0.2, -0.15) is 8.42 Å². The van der Waals surface area contributed by atoms with E-state index in [1.54, 1.807) is 36.4 Å². The number of carbonyl (C=O) groups is 1. The molecule has 1 aliphatic heterocycles. The Balaban J connectivity index is 0.000000324. The quantitative estimate of drug-likeness (QED) is 0.135. The molecule has 1 unspecified atom stereocenters. The molecule has 4 N–H and O–H groups in total. The Morgan fingerprint density at radius 3 is 2.28 bits per heavy atom. The van der Waals surface area contributed by atoms with Gasteiger partial charge >= 0.3 is 6.09 Å². The Labute approximate surface area is 260 Å². The zero-order chi connectivity index (χ0) is 31.1. The summed E-state index contributed by atoms with van der Waals surface area (Å²) >= 11 is 12.3. The van der Waals surface area contributed by atoms with Crippen LogP contribution in [-0.4, -0.2) is 42.4 Å². The van der Waals surface area contributed by atoms with Gasteiger partial charge in [0.05, 0.1) is 21.0 Å². The van der Waals surface area contributed by atoms with Crippen molar-refractivity contribution in [2.75, 3.05) is 18.0 Å². The fraction of sp³-hybridized carbons (Fsp3) is 0.194. The second kappa shape index (κ2) is 14.1. The van der Waals surface area contributed by atoms with Crippen LogP contribution in [0, 0.1) is 6.92 Å². The molecule has 5 rings (SSSR count). The van der Waals surface area contributed by atoms with Crippen molar-refractivity contribution >= 4 is 45.1 Å². The monoisotopic (exact) mass is 644 g/mol. The predicted octanol–water partition coefficient (Wildman–Crippen LogP) is 6.68. The Morgan fingerprint density at radius 2 is 1.63 bits per heavy atom. The van der Waals surface area contributed by atoms with Gasteiger partial charge in [-0.05, 0) is 79.0 Å². The summed E-state index contributed by atoms with van der Waals surface area (Å²) in [6, 6.07) is 23.2. The summed E-state index contributed by atoms with van der Waals surface area (Å²) in [7, 11) is -4.02. The first-order chi connectivity index (χ1) is 20.4. The van der Waals surface area contributed by atoms with Crippen LogP contribution in [-0.2, 0) is 27.9 Å². The van der Waals surface area contributed by atoms with Crippen LogP contribution in [0.3, 0.4) is 0 Å². The number of rotatable bonds is 6. The molecule has 0 aromatic heterocycles. The Kier molecular flexibility index (Phi) is 10.5. The van der Waals surface area contributed by atoms with Crippen molar-refractivity contribution in [3.8, 4) is 11.5 Å². The Hall–Kier alpha value is -3.80. The highest BCUT2D eigenvalue weighted by Crippen LogP contribution is 2.35. The zero-order valence-electron chi connectivity index (χ0n) is 23.1. The number of hydrogen-bond donors (Lipinski definition) is 4. The van der Waals surface area contributed by atoms with Gasteiger partial charge in [-0.1, -0.05) is 71.2 Å². The molecular formula is C31H30Cl2N2O7S. The van der Waals surface area contributed by atoms with Crippen LogP contribution in [0.2, 0.25) is 10.0 Å². The van der Waals surface area contributed by atoms with Gasteiger partial charge in [-0.15, -0.1) is 0 Å². The summed E-state index contributed by atoms with van der Waals surface area (Å²) < 4.78 is 35.1. The maximum Gasteiger partial charge on any atom is 0.414 e. The van der Waals surface area contributed by atoms with Crippen LogP contribution in [0.15, 0.2) is 89.8 Å². The number of carbonyl (C=O) groups excluding carboxylic acids is 1. The highest BCUT2D eigenvalue weighted by Gasteiger charge is 2.28. The number of anilines is 1. The first-order valence-corrected chi connectivity index (χ1v) is 15.4. The van der Waals surface area contributed by atoms with Crippen LogP contribution in [0.5, 0.6) is 11.5 Å². The van der Waals surface area contributed by atoms with E-state index in [0.29, 0.717) is 28.7 Å². The largest absolute Gasteiger partial charge is 0.504 e. The fourth-order valence-corrected chi connectivity index (χ4v) is 5.23. The lowest BCUT2D eigenvalue weighted by molar-refractivity contribution is 0.146. The van der Waals surface area contributed by atoms with Crippen molar-refractivity contribution in [1.82, 2.24) is 5.32 Å². The number of phenols is 2. The molecule has 0 saturated carbocycles. The van der Waals surface area contributed by atoms with E-state index in [0.717, 1.165) is 22.3 Å². The molecule has 0 radical (unpaired) electrons. The summed E-state index contributed by atoms with van der Waals surface area (Å²) in [6.45, 7) is 2.85. The van der Waals surface area contributed by atoms with Crippen molar-refractivity contribution in [2.24, 2.45) is 0 Å². The van der Waals surface area contributed by atoms with Crippen molar-refractivity contribution in [3.63, 3.8) is 0 Å². The second-order valence-electron chi connectivity index (χ2n) is 9.83. The third-order valence-electron chi connectivity index (χ3n) is 6.72. The summed E-state index contributed by atoms with van der Waals surface area (Å²) in [5.41, 5.74) is 4.09. The van der Waals surface area contributed by atoms with Gasteiger partial charge in [0.15, 0.2) is 11.5 Å². The molecule has 0 bridgehead atoms. The van der Waals surface area contributed by atoms with Gasteiger partial charge in [0.1, 0.15) is 6.61 Å². The number of fused-ring (bicyclic) bond motifs is 1. The summed E-state index contributed by atoms with van der Waals surface area (Å²) in [5.74, 6) is -0.363. The van der Waals surface area contributed by atoms with Crippen LogP contribution < -0.4 is 10.2 Å². The van der Waals surface area contributed by atoms with E-state index in [9.17, 15) is 23.4 Å². The van der Waals surface area contributed by atoms with E-state index in [-0.39, 0.29) is 35.6 Å². The number of nitrogens with one attached hydrogen (secondary N) is 1. The number of benzene rings is 4. The molecule has 43 heavy (non-hydrogen) atoms. The van der Waals surface area contributed by atoms with Crippen molar-refractivity contribution in [2.45, 2.75) is 30.9 Å². The summed E-state index contributed by atoms with van der Waals surface area (Å²) in [5, 5.41) is 24.0. The van der Waals surface area contributed by atoms with Crippen molar-refractivity contribution in [1.29, 1.82) is 0 Å². The molecule has 0 aliphatic carbocycles. The number of ether oxygens (including phenoxy) is 1. The predicted molar refractivity (Wildman–Crippen MR) is 166 cm³/mol. The Morgan fingerprint density at radius 1 is 0.953 bits per heavy atom. The average Bonchev–Trinajstić information content (AvgIpc) is 2.97. The molecule has 1 aliphatic rings. The second-order valence-corrected chi connectivity index (χ2v) is 12.1. The Bertz CT molecular complexity index is 1680. The molecule has 4 aromatic carbocycles. The molecule has 12 heteroatoms. The number of nitrogens with zero attached hydrogens (tertiary/aromatic N) is 1. The van der Waals surface area contributed by atoms with Crippen LogP contribution in [0.25, 0.3) is 0 Å². The van der Waals surface area contributed by atoms with E-state index in [4.69, 9.17) is 32.5 Å². The van der Waals surface area contributed by atoms with Gasteiger partial charge in [-0.25, -0.2) is 4.79 Å². The minimum absolute atomic E-state index is 0.0666. The molecule has 226 valence electrons. The van der Waals surface area contributed by atoms with Gasteiger partial charge in [-0.3, -0.25) is 9.45 Å². The first kappa shape index (κ1) is 32.1. The number of phenolic OH excluding ortho intramolecular Hbond substituents is 2. The standard InChI is InChI=1S/C24H22Cl2N2O4.C7H8O3S/c25-19-7-6-17(11-20(19)26)28(24(31)32-14-15-4-2-1-3-5-15)13-21-18-12-23(30)22(29)10-16(18)8-9-27-21;1-6-2-4-7(5-3-6)11(8,9)10/h1-7,10-12,21,27,29-30H,8-9,13-14H2;2-5H,1H3,(H,8,9,10). The third kappa shape index (κ3) is 8.62. The maximum atomic E-state index is 13.1. The molecular weight excluding hydrogens is 615 g/mol. The lowest BCUT2D eigenvalue weighted by Crippen LogP contribution is -2.42. The molecule has 1 atom stereocenters. The number of hydrogen-bond acceptors (Lipinski definition) is 7. The van der Waals surface area contributed by atoms with Gasteiger partial charge in [0, 0.05) is 12.2 Å². The van der Waals surface area contributed by atoms with Crippen LogP contribution in [0.1, 0.15) is 28.3 Å².